The SMILES string of the molecule is C/C=C/CC/C=C/CC/C=C/CCCCC(=O)SCCNC(=O)CCNC(=O)C(O)C(C)(C)COP(=O)(O)OP(=O)(O)OCC1OC(n2cnc3c(N)ncnc32)C(O)C1OP(=O)(O)O. The van der Waals surface area contributed by atoms with Crippen LogP contribution in [0.25, 0.3) is 11.2 Å². The second-order valence-corrected chi connectivity index (χ2v) is 20.6. The van der Waals surface area contributed by atoms with Crippen LogP contribution in [0.3, 0.4) is 0 Å². The number of ether oxygens (including phenoxy) is 1. The molecule has 3 rings (SSSR count). The normalized spacial score (nSPS) is 20.7. The summed E-state index contributed by atoms with van der Waals surface area (Å²) in [4.78, 5) is 88.2. The molecule has 1 saturated heterocycles. The van der Waals surface area contributed by atoms with Crippen LogP contribution in [0.2, 0.25) is 0 Å². The van der Waals surface area contributed by atoms with Crippen molar-refractivity contribution in [2.24, 2.45) is 5.41 Å². The first-order valence-corrected chi connectivity index (χ1v) is 26.0. The molecule has 366 valence electrons. The molecule has 0 bridgehead atoms. The first-order valence-electron chi connectivity index (χ1n) is 20.5. The Labute approximate surface area is 380 Å². The number of phosphoric ester groups is 3. The van der Waals surface area contributed by atoms with Gasteiger partial charge in [0, 0.05) is 37.1 Å². The molecule has 65 heavy (non-hydrogen) atoms. The van der Waals surface area contributed by atoms with Gasteiger partial charge in [0.05, 0.1) is 19.5 Å². The van der Waals surface area contributed by atoms with Gasteiger partial charge in [-0.05, 0) is 51.9 Å². The van der Waals surface area contributed by atoms with E-state index in [1.165, 1.54) is 13.8 Å². The molecule has 0 aromatic carbocycles. The van der Waals surface area contributed by atoms with Crippen molar-refractivity contribution < 1.29 is 80.5 Å². The quantitative estimate of drug-likeness (QED) is 0.0307. The molecule has 1 fully saturated rings. The smallest absolute Gasteiger partial charge is 0.386 e. The second-order valence-electron chi connectivity index (χ2n) is 15.2. The number of unbranched alkanes of at least 4 members (excludes halogenated alkanes) is 4. The lowest BCUT2D eigenvalue weighted by Gasteiger charge is -2.30. The number of allylic oxidation sites excluding steroid dienone is 6. The maximum Gasteiger partial charge on any atom is 0.481 e. The van der Waals surface area contributed by atoms with Crippen molar-refractivity contribution in [3.8, 4) is 0 Å². The van der Waals surface area contributed by atoms with Crippen LogP contribution in [0.5, 0.6) is 0 Å². The van der Waals surface area contributed by atoms with Gasteiger partial charge >= 0.3 is 23.5 Å². The van der Waals surface area contributed by atoms with Crippen molar-refractivity contribution in [2.75, 3.05) is 37.8 Å². The van der Waals surface area contributed by atoms with Crippen molar-refractivity contribution in [1.82, 2.24) is 30.2 Å². The van der Waals surface area contributed by atoms with Gasteiger partial charge in [0.1, 0.15) is 36.3 Å². The van der Waals surface area contributed by atoms with E-state index in [-0.39, 0.29) is 41.6 Å². The monoisotopic (exact) mass is 999 g/mol. The number of nitrogens with zero attached hydrogens (tertiary/aromatic N) is 4. The number of imidazole rings is 1. The Morgan fingerprint density at radius 3 is 2.23 bits per heavy atom. The van der Waals surface area contributed by atoms with E-state index in [1.807, 2.05) is 13.0 Å². The summed E-state index contributed by atoms with van der Waals surface area (Å²) < 4.78 is 62.4. The third-order valence-corrected chi connectivity index (χ3v) is 13.4. The minimum Gasteiger partial charge on any atom is -0.386 e. The Bertz CT molecular complexity index is 2100. The predicted molar refractivity (Wildman–Crippen MR) is 237 cm³/mol. The van der Waals surface area contributed by atoms with Gasteiger partial charge in [0.25, 0.3) is 0 Å². The fourth-order valence-electron chi connectivity index (χ4n) is 5.92. The Hall–Kier alpha value is -3.22. The van der Waals surface area contributed by atoms with Gasteiger partial charge in [0.15, 0.2) is 22.8 Å². The summed E-state index contributed by atoms with van der Waals surface area (Å²) in [5, 5.41) is 26.6. The van der Waals surface area contributed by atoms with E-state index in [0.717, 1.165) is 73.9 Å². The molecule has 3 heterocycles. The lowest BCUT2D eigenvalue weighted by atomic mass is 9.87. The maximum absolute atomic E-state index is 12.7. The molecule has 10 N–H and O–H groups in total. The van der Waals surface area contributed by atoms with Crippen molar-refractivity contribution in [1.29, 1.82) is 0 Å². The van der Waals surface area contributed by atoms with E-state index in [4.69, 9.17) is 19.5 Å². The molecule has 0 aliphatic carbocycles. The Morgan fingerprint density at radius 1 is 0.923 bits per heavy atom. The van der Waals surface area contributed by atoms with E-state index < -0.39 is 84.6 Å². The fraction of sp³-hybridized carbons (Fsp3) is 0.622. The summed E-state index contributed by atoms with van der Waals surface area (Å²) in [7, 11) is -16.4. The number of amides is 2. The largest absolute Gasteiger partial charge is 0.481 e. The Morgan fingerprint density at radius 2 is 1.57 bits per heavy atom. The fourth-order valence-corrected chi connectivity index (χ4v) is 9.47. The summed E-state index contributed by atoms with van der Waals surface area (Å²) in [5.74, 6) is -1.07. The summed E-state index contributed by atoms with van der Waals surface area (Å²) in [6.45, 7) is 2.54. The van der Waals surface area contributed by atoms with Gasteiger partial charge in [-0.2, -0.15) is 4.31 Å². The highest BCUT2D eigenvalue weighted by molar-refractivity contribution is 8.13. The number of anilines is 1. The van der Waals surface area contributed by atoms with Crippen molar-refractivity contribution in [2.45, 2.75) is 109 Å². The van der Waals surface area contributed by atoms with Crippen LogP contribution in [0.1, 0.15) is 84.8 Å². The molecule has 2 aromatic rings. The number of rotatable bonds is 30. The van der Waals surface area contributed by atoms with Crippen LogP contribution < -0.4 is 16.4 Å². The first-order chi connectivity index (χ1) is 30.6. The molecule has 7 atom stereocenters. The van der Waals surface area contributed by atoms with Crippen LogP contribution in [0, 0.1) is 5.41 Å². The average molecular weight is 1000 g/mol. The highest BCUT2D eigenvalue weighted by Crippen LogP contribution is 2.61. The van der Waals surface area contributed by atoms with Gasteiger partial charge in [-0.1, -0.05) is 62.1 Å². The highest BCUT2D eigenvalue weighted by Gasteiger charge is 2.50. The molecular weight excluding hydrogens is 939 g/mol. The molecule has 1 aliphatic rings. The van der Waals surface area contributed by atoms with Crippen molar-refractivity contribution >= 4 is 69.1 Å². The van der Waals surface area contributed by atoms with Gasteiger partial charge in [0.2, 0.25) is 11.8 Å². The molecule has 2 amide bonds. The number of phosphoric acid groups is 3. The number of fused-ring (bicyclic) bond motifs is 1. The molecule has 0 saturated carbocycles. The lowest BCUT2D eigenvalue weighted by molar-refractivity contribution is -0.137. The number of hydrogen-bond acceptors (Lipinski definition) is 18. The number of nitrogens with two attached hydrogens (primary N) is 1. The van der Waals surface area contributed by atoms with Crippen LogP contribution in [0.15, 0.2) is 49.1 Å². The van der Waals surface area contributed by atoms with Gasteiger partial charge in [-0.3, -0.25) is 32.5 Å². The van der Waals surface area contributed by atoms with Crippen LogP contribution in [0.4, 0.5) is 5.82 Å². The van der Waals surface area contributed by atoms with Gasteiger partial charge in [-0.25, -0.2) is 28.6 Å². The minimum atomic E-state index is -5.58. The zero-order chi connectivity index (χ0) is 48.3. The Balaban J connectivity index is 1.34. The molecule has 7 unspecified atom stereocenters. The topological polar surface area (TPSA) is 364 Å². The molecule has 24 nitrogen and oxygen atoms in total. The molecule has 2 aromatic heterocycles. The lowest BCUT2D eigenvalue weighted by Crippen LogP contribution is -2.46. The van der Waals surface area contributed by atoms with Gasteiger partial charge in [-0.15, -0.1) is 0 Å². The van der Waals surface area contributed by atoms with E-state index in [1.54, 1.807) is 0 Å². The van der Waals surface area contributed by atoms with Crippen LogP contribution in [-0.4, -0.2) is 123 Å². The van der Waals surface area contributed by atoms with Crippen LogP contribution in [-0.2, 0) is 50.7 Å². The zero-order valence-electron chi connectivity index (χ0n) is 36.2. The minimum absolute atomic E-state index is 0.0308. The van der Waals surface area contributed by atoms with Gasteiger partial charge < -0.3 is 50.9 Å². The highest BCUT2D eigenvalue weighted by atomic mass is 32.2. The third kappa shape index (κ3) is 20.3. The summed E-state index contributed by atoms with van der Waals surface area (Å²) in [6, 6.07) is 0. The summed E-state index contributed by atoms with van der Waals surface area (Å²) in [5.41, 5.74) is 4.27. The number of carbonyl (C=O) groups excluding carboxylic acids is 3. The number of hydrogen-bond donors (Lipinski definition) is 9. The maximum atomic E-state index is 12.7. The number of aliphatic hydroxyl groups is 2. The van der Waals surface area contributed by atoms with E-state index in [9.17, 15) is 57.9 Å². The van der Waals surface area contributed by atoms with Crippen LogP contribution >= 0.6 is 35.2 Å². The molecule has 0 radical (unpaired) electrons. The predicted octanol–water partition coefficient (Wildman–Crippen LogP) is 3.47. The molecule has 0 spiro atoms. The number of thioether (sulfide) groups is 1. The van der Waals surface area contributed by atoms with E-state index in [2.05, 4.69) is 64.8 Å². The number of nitrogen functional groups attached to an aromatic ring is 1. The molecular formula is C37H60N7O17P3S. The van der Waals surface area contributed by atoms with E-state index >= 15 is 0 Å². The second kappa shape index (κ2) is 26.9. The molecule has 28 heteroatoms. The third-order valence-electron chi connectivity index (χ3n) is 9.34. The first kappa shape index (κ1) is 56.1. The Kier molecular flexibility index (Phi) is 23.3. The van der Waals surface area contributed by atoms with E-state index in [0.29, 0.717) is 12.2 Å². The number of aliphatic hydroxyl groups excluding tert-OH is 2. The van der Waals surface area contributed by atoms with Crippen molar-refractivity contribution in [3.63, 3.8) is 0 Å². The number of nitrogens with one attached hydrogen (secondary N) is 2. The zero-order valence-corrected chi connectivity index (χ0v) is 39.7. The standard InChI is InChI=1S/C37H60N7O17P3S/c1-4-5-6-7-8-9-10-11-12-13-14-15-16-17-28(46)65-21-20-39-27(45)18-19-40-35(49)32(48)37(2,3)23-58-64(55,56)61-63(53,54)57-22-26-31(60-62(50,51)52)30(47)36(59-26)44-25-43-29-33(38)41-24-42-34(29)44/h4-5,8-9,12-13,24-26,30-32,36,47-48H,6-7,10-11,14-23H2,1-3H3,(H,39,45)(H,40,49)(H,53,54)(H,55,56)(H2,38,41,42)(H2,50,51,52)/b5-4+,9-8+,13-12+. The van der Waals surface area contributed by atoms with Crippen molar-refractivity contribution in [3.05, 3.63) is 49.1 Å². The average Bonchev–Trinajstić information content (AvgIpc) is 3.79. The molecule has 1 aliphatic heterocycles. The summed E-state index contributed by atoms with van der Waals surface area (Å²) >= 11 is 1.12. The summed E-state index contributed by atoms with van der Waals surface area (Å²) in [6.07, 6.45) is 13.1. The number of carbonyl (C=O) groups is 3. The number of aromatic nitrogens is 4.